The number of carbonyl (C=O) groups is 2. The lowest BCUT2D eigenvalue weighted by atomic mass is 9.78. The molecule has 0 unspecified atom stereocenters. The zero-order valence-corrected chi connectivity index (χ0v) is 17.1. The maximum Gasteiger partial charge on any atom is 0.340 e. The summed E-state index contributed by atoms with van der Waals surface area (Å²) >= 11 is 5.96. The van der Waals surface area contributed by atoms with Crippen molar-refractivity contribution < 1.29 is 22.7 Å². The van der Waals surface area contributed by atoms with E-state index in [1.54, 1.807) is 0 Å². The third kappa shape index (κ3) is 5.43. The van der Waals surface area contributed by atoms with Crippen molar-refractivity contribution >= 4 is 33.5 Å². The van der Waals surface area contributed by atoms with E-state index in [0.29, 0.717) is 11.8 Å². The molecule has 1 aliphatic rings. The van der Waals surface area contributed by atoms with Gasteiger partial charge in [0.2, 0.25) is 10.0 Å². The first kappa shape index (κ1) is 21.7. The molecule has 1 amide bonds. The number of hydrogen-bond acceptors (Lipinski definition) is 5. The van der Waals surface area contributed by atoms with Gasteiger partial charge in [0.1, 0.15) is 0 Å². The zero-order chi connectivity index (χ0) is 20.4. The van der Waals surface area contributed by atoms with Gasteiger partial charge in [-0.1, -0.05) is 38.3 Å². The predicted molar refractivity (Wildman–Crippen MR) is 102 cm³/mol. The molecule has 3 N–H and O–H groups in total. The first-order valence-corrected chi connectivity index (χ1v) is 10.8. The molecule has 0 radical (unpaired) electrons. The Hall–Kier alpha value is -1.64. The van der Waals surface area contributed by atoms with Gasteiger partial charge >= 0.3 is 5.97 Å². The fraction of sp³-hybridized carbons (Fsp3) is 0.556. The van der Waals surface area contributed by atoms with Crippen molar-refractivity contribution in [1.82, 2.24) is 5.32 Å². The van der Waals surface area contributed by atoms with Crippen LogP contribution in [0.2, 0.25) is 5.02 Å². The van der Waals surface area contributed by atoms with Crippen molar-refractivity contribution in [3.63, 3.8) is 0 Å². The van der Waals surface area contributed by atoms with Crippen LogP contribution in [0.1, 0.15) is 50.4 Å². The Kier molecular flexibility index (Phi) is 6.88. The summed E-state index contributed by atoms with van der Waals surface area (Å²) in [4.78, 5) is 24.5. The molecule has 9 heteroatoms. The van der Waals surface area contributed by atoms with Crippen LogP contribution >= 0.6 is 11.6 Å². The van der Waals surface area contributed by atoms with Crippen LogP contribution in [0.3, 0.4) is 0 Å². The maximum atomic E-state index is 12.4. The number of nitrogens with one attached hydrogen (secondary N) is 1. The molecule has 2 rings (SSSR count). The summed E-state index contributed by atoms with van der Waals surface area (Å²) in [6.07, 6.45) is 2.02. The summed E-state index contributed by atoms with van der Waals surface area (Å²) in [6, 6.07) is 3.51. The van der Waals surface area contributed by atoms with Crippen LogP contribution in [-0.4, -0.2) is 32.4 Å². The molecule has 0 saturated heterocycles. The highest BCUT2D eigenvalue weighted by Gasteiger charge is 2.30. The van der Waals surface area contributed by atoms with Crippen molar-refractivity contribution in [2.45, 2.75) is 57.1 Å². The van der Waals surface area contributed by atoms with Crippen molar-refractivity contribution in [3.8, 4) is 0 Å². The summed E-state index contributed by atoms with van der Waals surface area (Å²) in [5.74, 6) is -0.431. The normalized spacial score (nSPS) is 24.1. The van der Waals surface area contributed by atoms with Crippen LogP contribution in [0.5, 0.6) is 0 Å². The van der Waals surface area contributed by atoms with Gasteiger partial charge in [0.15, 0.2) is 6.10 Å². The lowest BCUT2D eigenvalue weighted by molar-refractivity contribution is -0.130. The second-order valence-electron chi connectivity index (χ2n) is 7.12. The van der Waals surface area contributed by atoms with E-state index in [0.717, 1.165) is 25.3 Å². The Balaban J connectivity index is 2.06. The van der Waals surface area contributed by atoms with E-state index in [2.05, 4.69) is 19.2 Å². The van der Waals surface area contributed by atoms with Crippen LogP contribution in [0.4, 0.5) is 0 Å². The molecule has 0 spiro atoms. The molecule has 1 aromatic rings. The summed E-state index contributed by atoms with van der Waals surface area (Å²) in [5.41, 5.74) is -0.164. The van der Waals surface area contributed by atoms with E-state index >= 15 is 0 Å². The van der Waals surface area contributed by atoms with E-state index in [1.165, 1.54) is 19.1 Å². The summed E-state index contributed by atoms with van der Waals surface area (Å²) < 4.78 is 28.1. The third-order valence-corrected chi connectivity index (χ3v) is 6.41. The molecule has 1 aliphatic carbocycles. The predicted octanol–water partition coefficient (Wildman–Crippen LogP) is 2.47. The fourth-order valence-electron chi connectivity index (χ4n) is 3.20. The van der Waals surface area contributed by atoms with E-state index in [1.807, 2.05) is 0 Å². The zero-order valence-electron chi connectivity index (χ0n) is 15.6. The molecule has 150 valence electrons. The average molecular weight is 417 g/mol. The molecular weight excluding hydrogens is 392 g/mol. The maximum absolute atomic E-state index is 12.4. The Bertz CT molecular complexity index is 827. The number of primary sulfonamides is 1. The van der Waals surface area contributed by atoms with Gasteiger partial charge in [-0.2, -0.15) is 0 Å². The fourth-order valence-corrected chi connectivity index (χ4v) is 3.94. The van der Waals surface area contributed by atoms with E-state index in [4.69, 9.17) is 21.5 Å². The van der Waals surface area contributed by atoms with Gasteiger partial charge in [-0.25, -0.2) is 18.4 Å². The number of rotatable bonds is 5. The minimum Gasteiger partial charge on any atom is -0.449 e. The van der Waals surface area contributed by atoms with Crippen LogP contribution in [-0.2, 0) is 19.6 Å². The number of sulfonamides is 1. The minimum atomic E-state index is -4.00. The second kappa shape index (κ2) is 8.58. The SMILES string of the molecule is C[C@H]1[C@H](C)CCC[C@H]1NC(=O)[C@H](C)OC(=O)c1cc(S(N)(=O)=O)ccc1Cl. The van der Waals surface area contributed by atoms with Crippen molar-refractivity contribution in [2.75, 3.05) is 0 Å². The van der Waals surface area contributed by atoms with Gasteiger partial charge in [-0.15, -0.1) is 0 Å². The number of carbonyl (C=O) groups excluding carboxylic acids is 2. The monoisotopic (exact) mass is 416 g/mol. The van der Waals surface area contributed by atoms with E-state index in [9.17, 15) is 18.0 Å². The Labute approximate surface area is 164 Å². The van der Waals surface area contributed by atoms with Gasteiger partial charge in [-0.05, 0) is 43.4 Å². The smallest absolute Gasteiger partial charge is 0.340 e. The Morgan fingerprint density at radius 3 is 2.59 bits per heavy atom. The topological polar surface area (TPSA) is 116 Å². The number of benzene rings is 1. The number of amides is 1. The summed E-state index contributed by atoms with van der Waals surface area (Å²) in [7, 11) is -4.00. The van der Waals surface area contributed by atoms with Crippen LogP contribution < -0.4 is 10.5 Å². The third-order valence-electron chi connectivity index (χ3n) is 5.17. The average Bonchev–Trinajstić information content (AvgIpc) is 2.58. The first-order valence-electron chi connectivity index (χ1n) is 8.84. The van der Waals surface area contributed by atoms with E-state index in [-0.39, 0.29) is 21.5 Å². The lowest BCUT2D eigenvalue weighted by Crippen LogP contribution is -2.47. The molecule has 0 aliphatic heterocycles. The van der Waals surface area contributed by atoms with Crippen LogP contribution in [0.15, 0.2) is 23.1 Å². The van der Waals surface area contributed by atoms with Crippen molar-refractivity contribution in [2.24, 2.45) is 17.0 Å². The highest BCUT2D eigenvalue weighted by molar-refractivity contribution is 7.89. The molecular formula is C18H25ClN2O5S. The summed E-state index contributed by atoms with van der Waals surface area (Å²) in [5, 5.41) is 8.02. The van der Waals surface area contributed by atoms with Crippen LogP contribution in [0.25, 0.3) is 0 Å². The largest absolute Gasteiger partial charge is 0.449 e. The molecule has 1 saturated carbocycles. The molecule has 0 aromatic heterocycles. The molecule has 0 bridgehead atoms. The van der Waals surface area contributed by atoms with Gasteiger partial charge < -0.3 is 10.1 Å². The number of ether oxygens (including phenoxy) is 1. The number of halogens is 1. The Morgan fingerprint density at radius 1 is 1.30 bits per heavy atom. The first-order chi connectivity index (χ1) is 12.5. The Morgan fingerprint density at radius 2 is 1.96 bits per heavy atom. The van der Waals surface area contributed by atoms with Crippen molar-refractivity contribution in [3.05, 3.63) is 28.8 Å². The molecule has 0 heterocycles. The highest BCUT2D eigenvalue weighted by atomic mass is 35.5. The van der Waals surface area contributed by atoms with Gasteiger partial charge in [0.25, 0.3) is 5.91 Å². The number of hydrogen-bond donors (Lipinski definition) is 2. The quantitative estimate of drug-likeness (QED) is 0.715. The van der Waals surface area contributed by atoms with E-state index < -0.39 is 28.0 Å². The number of esters is 1. The molecule has 1 aromatic carbocycles. The molecule has 1 fully saturated rings. The number of nitrogens with two attached hydrogens (primary N) is 1. The van der Waals surface area contributed by atoms with Gasteiger partial charge in [0, 0.05) is 6.04 Å². The summed E-state index contributed by atoms with van der Waals surface area (Å²) in [6.45, 7) is 5.72. The second-order valence-corrected chi connectivity index (χ2v) is 9.09. The van der Waals surface area contributed by atoms with Gasteiger partial charge in [0.05, 0.1) is 15.5 Å². The lowest BCUT2D eigenvalue weighted by Gasteiger charge is -2.35. The minimum absolute atomic E-state index is 0.00901. The molecule has 7 nitrogen and oxygen atoms in total. The highest BCUT2D eigenvalue weighted by Crippen LogP contribution is 2.29. The van der Waals surface area contributed by atoms with Crippen molar-refractivity contribution in [1.29, 1.82) is 0 Å². The van der Waals surface area contributed by atoms with Crippen LogP contribution in [0, 0.1) is 11.8 Å². The molecule has 4 atom stereocenters. The standard InChI is InChI=1S/C18H25ClN2O5S/c1-10-5-4-6-16(11(10)2)21-17(22)12(3)26-18(23)14-9-13(27(20,24)25)7-8-15(14)19/h7-12,16H,4-6H2,1-3H3,(H,21,22)(H2,20,24,25)/t10-,11+,12+,16-/m1/s1. The molecule has 27 heavy (non-hydrogen) atoms. The van der Waals surface area contributed by atoms with Gasteiger partial charge in [-0.3, -0.25) is 4.79 Å².